The Kier molecular flexibility index (Phi) is 4.60. The summed E-state index contributed by atoms with van der Waals surface area (Å²) in [7, 11) is 0. The second-order valence-corrected chi connectivity index (χ2v) is 8.60. The number of carbonyl (C=O) groups excluding carboxylic acids is 1. The summed E-state index contributed by atoms with van der Waals surface area (Å²) in [6.07, 6.45) is 2.02. The summed E-state index contributed by atoms with van der Waals surface area (Å²) in [6.45, 7) is 1.76. The van der Waals surface area contributed by atoms with Crippen LogP contribution in [0.15, 0.2) is 42.5 Å². The fourth-order valence-electron chi connectivity index (χ4n) is 4.34. The van der Waals surface area contributed by atoms with Crippen LogP contribution in [0, 0.1) is 5.82 Å². The van der Waals surface area contributed by atoms with Gasteiger partial charge in [0.05, 0.1) is 10.2 Å². The quantitative estimate of drug-likeness (QED) is 0.704. The van der Waals surface area contributed by atoms with Crippen molar-refractivity contribution in [1.82, 2.24) is 14.8 Å². The number of nitrogens with zero attached hydrogens (tertiary/aromatic N) is 3. The summed E-state index contributed by atoms with van der Waals surface area (Å²) in [5.74, 6) is 0.146. The molecule has 2 unspecified atom stereocenters. The molecule has 2 aromatic carbocycles. The van der Waals surface area contributed by atoms with Gasteiger partial charge in [0.25, 0.3) is 5.19 Å². The Hall–Kier alpha value is -2.71. The summed E-state index contributed by atoms with van der Waals surface area (Å²) in [6, 6.07) is 12.9. The molecule has 0 radical (unpaired) electrons. The van der Waals surface area contributed by atoms with Gasteiger partial charge in [-0.1, -0.05) is 29.5 Å². The number of amides is 2. The molecule has 8 heteroatoms. The van der Waals surface area contributed by atoms with Crippen molar-refractivity contribution in [3.05, 3.63) is 53.8 Å². The van der Waals surface area contributed by atoms with Crippen LogP contribution in [0.5, 0.6) is 10.9 Å². The number of benzene rings is 2. The molecule has 0 saturated carbocycles. The molecule has 0 spiro atoms. The van der Waals surface area contributed by atoms with Crippen molar-refractivity contribution in [2.75, 3.05) is 13.1 Å². The van der Waals surface area contributed by atoms with Crippen LogP contribution in [0.3, 0.4) is 0 Å². The molecule has 2 atom stereocenters. The number of piperazine rings is 1. The van der Waals surface area contributed by atoms with E-state index in [1.54, 1.807) is 17.0 Å². The molecule has 2 saturated heterocycles. The number of fused-ring (bicyclic) bond motifs is 3. The Morgan fingerprint density at radius 3 is 2.66 bits per heavy atom. The van der Waals surface area contributed by atoms with Gasteiger partial charge in [-0.25, -0.2) is 14.2 Å². The van der Waals surface area contributed by atoms with E-state index in [-0.39, 0.29) is 23.9 Å². The Morgan fingerprint density at radius 2 is 1.97 bits per heavy atom. The number of nitrogens with two attached hydrogens (primary N) is 1. The lowest BCUT2D eigenvalue weighted by Crippen LogP contribution is -2.56. The minimum absolute atomic E-state index is 0.235. The van der Waals surface area contributed by atoms with Crippen molar-refractivity contribution in [2.24, 2.45) is 5.73 Å². The van der Waals surface area contributed by atoms with Crippen LogP contribution in [-0.2, 0) is 6.54 Å². The number of para-hydroxylation sites is 1. The van der Waals surface area contributed by atoms with Crippen LogP contribution >= 0.6 is 11.3 Å². The van der Waals surface area contributed by atoms with Gasteiger partial charge in [-0.3, -0.25) is 4.90 Å². The molecule has 2 aliphatic rings. The fourth-order valence-corrected chi connectivity index (χ4v) is 5.18. The molecule has 29 heavy (non-hydrogen) atoms. The van der Waals surface area contributed by atoms with Crippen LogP contribution in [0.25, 0.3) is 10.2 Å². The van der Waals surface area contributed by atoms with Crippen molar-refractivity contribution in [3.63, 3.8) is 0 Å². The first-order valence-corrected chi connectivity index (χ1v) is 10.5. The minimum atomic E-state index is -0.371. The number of ether oxygens (including phenoxy) is 1. The van der Waals surface area contributed by atoms with Gasteiger partial charge in [-0.15, -0.1) is 0 Å². The molecule has 3 heterocycles. The minimum Gasteiger partial charge on any atom is -0.431 e. The van der Waals surface area contributed by atoms with Gasteiger partial charge in [-0.2, -0.15) is 0 Å². The van der Waals surface area contributed by atoms with Crippen LogP contribution < -0.4 is 10.5 Å². The Bertz CT molecular complexity index is 1020. The topological polar surface area (TPSA) is 71.7 Å². The standard InChI is InChI=1S/C21H21FN4O2S/c22-17-9-16(28-21-24-18-3-1-2-4-19(18)29-21)8-5-13(17)10-26-14-6-7-15(26)12-25(11-14)20(23)27/h1-5,8-9,14-15H,6-7,10-12H2,(H2,23,27). The summed E-state index contributed by atoms with van der Waals surface area (Å²) in [5, 5.41) is 0.499. The summed E-state index contributed by atoms with van der Waals surface area (Å²) in [5.41, 5.74) is 6.94. The van der Waals surface area contributed by atoms with E-state index in [0.29, 0.717) is 36.1 Å². The van der Waals surface area contributed by atoms with Crippen molar-refractivity contribution in [2.45, 2.75) is 31.5 Å². The zero-order chi connectivity index (χ0) is 20.0. The third-order valence-electron chi connectivity index (χ3n) is 5.80. The molecular formula is C21H21FN4O2S. The number of rotatable bonds is 4. The average Bonchev–Trinajstić information content (AvgIpc) is 3.19. The van der Waals surface area contributed by atoms with E-state index < -0.39 is 0 Å². The number of hydrogen-bond acceptors (Lipinski definition) is 5. The predicted molar refractivity (Wildman–Crippen MR) is 110 cm³/mol. The van der Waals surface area contributed by atoms with Crippen LogP contribution in [-0.4, -0.2) is 46.0 Å². The SMILES string of the molecule is NC(=O)N1CC2CCC(C1)N2Cc1ccc(Oc2nc3ccccc3s2)cc1F. The second kappa shape index (κ2) is 7.27. The monoisotopic (exact) mass is 412 g/mol. The fraction of sp³-hybridized carbons (Fsp3) is 0.333. The highest BCUT2D eigenvalue weighted by Crippen LogP contribution is 2.34. The molecule has 3 aromatic rings. The summed E-state index contributed by atoms with van der Waals surface area (Å²) < 4.78 is 21.6. The third-order valence-corrected chi connectivity index (χ3v) is 6.72. The van der Waals surface area contributed by atoms with Crippen molar-refractivity contribution in [3.8, 4) is 10.9 Å². The first-order valence-electron chi connectivity index (χ1n) is 9.69. The van der Waals surface area contributed by atoms with Gasteiger partial charge in [0, 0.05) is 43.3 Å². The van der Waals surface area contributed by atoms with E-state index >= 15 is 0 Å². The van der Waals surface area contributed by atoms with E-state index in [1.807, 2.05) is 24.3 Å². The molecule has 1 aromatic heterocycles. The lowest BCUT2D eigenvalue weighted by atomic mass is 10.1. The molecule has 2 fully saturated rings. The predicted octanol–water partition coefficient (Wildman–Crippen LogP) is 3.96. The molecule has 2 aliphatic heterocycles. The smallest absolute Gasteiger partial charge is 0.314 e. The van der Waals surface area contributed by atoms with Gasteiger partial charge in [-0.05, 0) is 31.0 Å². The van der Waals surface area contributed by atoms with E-state index in [9.17, 15) is 9.18 Å². The molecule has 150 valence electrons. The van der Waals surface area contributed by atoms with Crippen molar-refractivity contribution in [1.29, 1.82) is 0 Å². The van der Waals surface area contributed by atoms with Gasteiger partial charge in [0.15, 0.2) is 0 Å². The normalized spacial score (nSPS) is 21.6. The van der Waals surface area contributed by atoms with Crippen LogP contribution in [0.4, 0.5) is 9.18 Å². The molecule has 2 bridgehead atoms. The maximum absolute atomic E-state index is 14.8. The Morgan fingerprint density at radius 1 is 1.21 bits per heavy atom. The largest absolute Gasteiger partial charge is 0.431 e. The lowest BCUT2D eigenvalue weighted by Gasteiger charge is -2.40. The highest BCUT2D eigenvalue weighted by Gasteiger charge is 2.40. The average molecular weight is 412 g/mol. The maximum atomic E-state index is 14.8. The zero-order valence-electron chi connectivity index (χ0n) is 15.8. The highest BCUT2D eigenvalue weighted by molar-refractivity contribution is 7.20. The number of primary amides is 1. The number of halogens is 1. The number of likely N-dealkylation sites (tertiary alicyclic amines) is 1. The molecule has 2 amide bonds. The van der Waals surface area contributed by atoms with E-state index in [2.05, 4.69) is 9.88 Å². The molecule has 5 rings (SSSR count). The Balaban J connectivity index is 1.29. The molecule has 6 nitrogen and oxygen atoms in total. The van der Waals surface area contributed by atoms with E-state index in [1.165, 1.54) is 17.4 Å². The zero-order valence-corrected chi connectivity index (χ0v) is 16.6. The van der Waals surface area contributed by atoms with Crippen LogP contribution in [0.1, 0.15) is 18.4 Å². The van der Waals surface area contributed by atoms with Gasteiger partial charge >= 0.3 is 6.03 Å². The van der Waals surface area contributed by atoms with Crippen molar-refractivity contribution >= 4 is 27.6 Å². The molecule has 0 aliphatic carbocycles. The molecular weight excluding hydrogens is 391 g/mol. The first kappa shape index (κ1) is 18.3. The first-order chi connectivity index (χ1) is 14.1. The Labute approximate surface area is 171 Å². The van der Waals surface area contributed by atoms with Gasteiger partial charge < -0.3 is 15.4 Å². The summed E-state index contributed by atoms with van der Waals surface area (Å²) >= 11 is 1.44. The van der Waals surface area contributed by atoms with Gasteiger partial charge in [0.1, 0.15) is 11.6 Å². The maximum Gasteiger partial charge on any atom is 0.314 e. The van der Waals surface area contributed by atoms with Gasteiger partial charge in [0.2, 0.25) is 0 Å². The number of hydrogen-bond donors (Lipinski definition) is 1. The molecule has 2 N–H and O–H groups in total. The summed E-state index contributed by atoms with van der Waals surface area (Å²) in [4.78, 5) is 19.9. The number of thiazole rings is 1. The number of aromatic nitrogens is 1. The third kappa shape index (κ3) is 3.54. The lowest BCUT2D eigenvalue weighted by molar-refractivity contribution is 0.0789. The van der Waals surface area contributed by atoms with E-state index in [4.69, 9.17) is 10.5 Å². The number of carbonyl (C=O) groups is 1. The number of urea groups is 1. The second-order valence-electron chi connectivity index (χ2n) is 7.60. The highest BCUT2D eigenvalue weighted by atomic mass is 32.1. The van der Waals surface area contributed by atoms with E-state index in [0.717, 1.165) is 23.1 Å². The van der Waals surface area contributed by atoms with Crippen molar-refractivity contribution < 1.29 is 13.9 Å². The van der Waals surface area contributed by atoms with Crippen LogP contribution in [0.2, 0.25) is 0 Å².